The van der Waals surface area contributed by atoms with E-state index in [2.05, 4.69) is 9.47 Å². The number of aryl methyl sites for hydroxylation is 1. The Hall–Kier alpha value is -4.18. The summed E-state index contributed by atoms with van der Waals surface area (Å²) in [5.41, 5.74) is -3.71. The van der Waals surface area contributed by atoms with Crippen molar-refractivity contribution in [3.63, 3.8) is 0 Å². The molecule has 0 fully saturated rings. The summed E-state index contributed by atoms with van der Waals surface area (Å²) >= 11 is 0. The average molecular weight is 788 g/mol. The van der Waals surface area contributed by atoms with E-state index in [1.165, 1.54) is 0 Å². The molecule has 0 saturated carbocycles. The van der Waals surface area contributed by atoms with E-state index in [0.29, 0.717) is 12.1 Å². The standard InChI is InChI=1S/C20H9F21N2O7/c1-2-6-3-4-7(42(45)46)9(8(6)43(47)48)50-10(44)49-5-11(21,22)12(23,24)13(25,26)14(27,28)15(29,30)16(31,32)17(33,34)18(35,36)19(37,38)20(39,40)41/h3-4H,2,5H2,1H3. The van der Waals surface area contributed by atoms with Crippen LogP contribution in [0.4, 0.5) is 108 Å². The van der Waals surface area contributed by atoms with Gasteiger partial charge in [-0.2, -0.15) is 92.2 Å². The van der Waals surface area contributed by atoms with Crippen molar-refractivity contribution in [2.45, 2.75) is 72.8 Å². The van der Waals surface area contributed by atoms with Crippen molar-refractivity contribution in [3.05, 3.63) is 37.9 Å². The van der Waals surface area contributed by atoms with Crippen LogP contribution >= 0.6 is 0 Å². The van der Waals surface area contributed by atoms with Gasteiger partial charge in [-0.1, -0.05) is 6.92 Å². The summed E-state index contributed by atoms with van der Waals surface area (Å²) in [4.78, 5) is 30.9. The molecule has 1 aromatic rings. The minimum atomic E-state index is -9.39. The highest BCUT2D eigenvalue weighted by Gasteiger charge is 2.97. The maximum absolute atomic E-state index is 14.0. The Morgan fingerprint density at radius 3 is 1.28 bits per heavy atom. The zero-order valence-corrected chi connectivity index (χ0v) is 22.8. The number of carbonyl (C=O) groups is 1. The van der Waals surface area contributed by atoms with Gasteiger partial charge in [-0.05, 0) is 12.5 Å². The normalized spacial score (nSPS) is 14.8. The molecule has 0 saturated heterocycles. The lowest BCUT2D eigenvalue weighted by molar-refractivity contribution is -0.474. The average Bonchev–Trinajstić information content (AvgIpc) is 2.93. The molecule has 0 aliphatic heterocycles. The highest BCUT2D eigenvalue weighted by atomic mass is 19.4. The molecular weight excluding hydrogens is 779 g/mol. The summed E-state index contributed by atoms with van der Waals surface area (Å²) in [6.45, 7) is -2.79. The van der Waals surface area contributed by atoms with Gasteiger partial charge in [0.2, 0.25) is 0 Å². The summed E-state index contributed by atoms with van der Waals surface area (Å²) in [6, 6.07) is 0.975. The SMILES string of the molecule is CCc1ccc([N+](=O)[O-])c(OC(=O)OCC(F)(F)C(F)(F)C(F)(F)C(F)(F)C(F)(F)C(F)(F)C(F)(F)C(F)(F)C(F)(F)C(F)(F)F)c1[N+](=O)[O-]. The monoisotopic (exact) mass is 788 g/mol. The van der Waals surface area contributed by atoms with E-state index in [-0.39, 0.29) is 0 Å². The molecule has 0 aliphatic carbocycles. The number of nitrogens with zero attached hydrogens (tertiary/aromatic N) is 2. The minimum absolute atomic E-state index is 0.333. The quantitative estimate of drug-likeness (QED) is 0.0607. The number of benzene rings is 1. The van der Waals surface area contributed by atoms with E-state index in [9.17, 15) is 117 Å². The smallest absolute Gasteiger partial charge is 0.427 e. The van der Waals surface area contributed by atoms with Gasteiger partial charge in [0.1, 0.15) is 0 Å². The summed E-state index contributed by atoms with van der Waals surface area (Å²) < 4.78 is 289. The van der Waals surface area contributed by atoms with Crippen LogP contribution < -0.4 is 4.74 Å². The molecule has 1 aromatic carbocycles. The third-order valence-corrected chi connectivity index (χ3v) is 6.09. The van der Waals surface area contributed by atoms with E-state index in [4.69, 9.17) is 0 Å². The predicted molar refractivity (Wildman–Crippen MR) is 112 cm³/mol. The molecule has 0 aromatic heterocycles. The molecule has 0 atom stereocenters. The molecule has 0 radical (unpaired) electrons. The van der Waals surface area contributed by atoms with Gasteiger partial charge in [0.05, 0.1) is 9.85 Å². The fourth-order valence-electron chi connectivity index (χ4n) is 3.27. The van der Waals surface area contributed by atoms with Gasteiger partial charge >= 0.3 is 77.0 Å². The van der Waals surface area contributed by atoms with Gasteiger partial charge in [0.15, 0.2) is 6.61 Å². The first kappa shape index (κ1) is 43.8. The molecule has 288 valence electrons. The van der Waals surface area contributed by atoms with Gasteiger partial charge < -0.3 is 9.47 Å². The lowest BCUT2D eigenvalue weighted by atomic mass is 9.86. The number of nitro benzene ring substituents is 2. The number of carbonyl (C=O) groups excluding carboxylic acids is 1. The number of ether oxygens (including phenoxy) is 2. The molecule has 0 amide bonds. The Kier molecular flexibility index (Phi) is 11.0. The van der Waals surface area contributed by atoms with E-state index in [1.807, 2.05) is 0 Å². The highest BCUT2D eigenvalue weighted by Crippen LogP contribution is 2.66. The highest BCUT2D eigenvalue weighted by molar-refractivity contribution is 5.72. The number of alkyl halides is 21. The molecule has 1 rings (SSSR count). The molecule has 0 unspecified atom stereocenters. The van der Waals surface area contributed by atoms with Crippen LogP contribution in [-0.4, -0.2) is 82.1 Å². The zero-order valence-electron chi connectivity index (χ0n) is 22.8. The molecule has 9 nitrogen and oxygen atoms in total. The number of nitro groups is 2. The predicted octanol–water partition coefficient (Wildman–Crippen LogP) is 8.86. The molecule has 0 heterocycles. The zero-order chi connectivity index (χ0) is 40.3. The van der Waals surface area contributed by atoms with Gasteiger partial charge in [-0.25, -0.2) is 4.79 Å². The third-order valence-electron chi connectivity index (χ3n) is 6.09. The summed E-state index contributed by atoms with van der Waals surface area (Å²) in [6.07, 6.45) is -11.6. The second-order valence-corrected chi connectivity index (χ2v) is 9.23. The van der Waals surface area contributed by atoms with Gasteiger partial charge in [0.25, 0.3) is 5.75 Å². The lowest BCUT2D eigenvalue weighted by Crippen LogP contribution is -2.77. The first-order chi connectivity index (χ1) is 21.8. The van der Waals surface area contributed by atoms with Crippen LogP contribution in [0.5, 0.6) is 5.75 Å². The molecule has 50 heavy (non-hydrogen) atoms. The van der Waals surface area contributed by atoms with Crippen LogP contribution in [0.1, 0.15) is 12.5 Å². The fourth-order valence-corrected chi connectivity index (χ4v) is 3.27. The minimum Gasteiger partial charge on any atom is -0.427 e. The largest absolute Gasteiger partial charge is 0.514 e. The Bertz CT molecular complexity index is 1490. The second kappa shape index (κ2) is 12.5. The third kappa shape index (κ3) is 6.20. The first-order valence-electron chi connectivity index (χ1n) is 11.6. The van der Waals surface area contributed by atoms with Crippen molar-refractivity contribution >= 4 is 17.5 Å². The molecule has 0 aliphatic rings. The van der Waals surface area contributed by atoms with Crippen LogP contribution in [-0.2, 0) is 11.2 Å². The topological polar surface area (TPSA) is 122 Å². The Labute approximate surface area is 258 Å². The summed E-state index contributed by atoms with van der Waals surface area (Å²) in [5, 5.41) is 22.3. The van der Waals surface area contributed by atoms with Crippen molar-refractivity contribution in [3.8, 4) is 5.75 Å². The van der Waals surface area contributed by atoms with E-state index in [1.54, 1.807) is 0 Å². The van der Waals surface area contributed by atoms with Gasteiger partial charge in [0, 0.05) is 11.6 Å². The molecule has 0 spiro atoms. The van der Waals surface area contributed by atoms with Crippen LogP contribution in [0, 0.1) is 20.2 Å². The number of rotatable bonds is 14. The van der Waals surface area contributed by atoms with Crippen molar-refractivity contribution in [1.82, 2.24) is 0 Å². The number of hydrogen-bond acceptors (Lipinski definition) is 7. The Morgan fingerprint density at radius 1 is 0.600 bits per heavy atom. The molecule has 30 heteroatoms. The van der Waals surface area contributed by atoms with Crippen molar-refractivity contribution in [2.75, 3.05) is 6.61 Å². The summed E-state index contributed by atoms with van der Waals surface area (Å²) in [7, 11) is 0. The Morgan fingerprint density at radius 2 is 0.960 bits per heavy atom. The van der Waals surface area contributed by atoms with Crippen LogP contribution in [0.2, 0.25) is 0 Å². The maximum Gasteiger partial charge on any atom is 0.514 e. The Balaban J connectivity index is 3.61. The van der Waals surface area contributed by atoms with Crippen molar-refractivity contribution < 1.29 is 116 Å². The van der Waals surface area contributed by atoms with E-state index < -0.39 is 111 Å². The summed E-state index contributed by atoms with van der Waals surface area (Å²) in [5.74, 6) is -81.6. The lowest BCUT2D eigenvalue weighted by Gasteiger charge is -2.44. The van der Waals surface area contributed by atoms with Crippen LogP contribution in [0.3, 0.4) is 0 Å². The molecule has 0 N–H and O–H groups in total. The van der Waals surface area contributed by atoms with E-state index in [0.717, 1.165) is 6.92 Å². The molecular formula is C20H9F21N2O7. The maximum atomic E-state index is 14.0. The van der Waals surface area contributed by atoms with Crippen LogP contribution in [0.25, 0.3) is 0 Å². The van der Waals surface area contributed by atoms with Gasteiger partial charge in [-0.3, -0.25) is 20.2 Å². The van der Waals surface area contributed by atoms with E-state index >= 15 is 0 Å². The van der Waals surface area contributed by atoms with Crippen molar-refractivity contribution in [1.29, 1.82) is 0 Å². The first-order valence-corrected chi connectivity index (χ1v) is 11.6. The molecule has 0 bridgehead atoms. The van der Waals surface area contributed by atoms with Crippen molar-refractivity contribution in [2.24, 2.45) is 0 Å². The fraction of sp³-hybridized carbons (Fsp3) is 0.650. The number of hydrogen-bond donors (Lipinski definition) is 0. The number of halogens is 21. The van der Waals surface area contributed by atoms with Crippen LogP contribution in [0.15, 0.2) is 12.1 Å². The van der Waals surface area contributed by atoms with Gasteiger partial charge in [-0.15, -0.1) is 0 Å². The second-order valence-electron chi connectivity index (χ2n) is 9.23.